The first-order valence-electron chi connectivity index (χ1n) is 8.07. The Hall–Kier alpha value is -0.610. The van der Waals surface area contributed by atoms with Gasteiger partial charge in [0.1, 0.15) is 0 Å². The van der Waals surface area contributed by atoms with Crippen LogP contribution in [0, 0.1) is 5.92 Å². The third-order valence-electron chi connectivity index (χ3n) is 5.16. The number of carbonyl (C=O) groups is 1. The fourth-order valence-electron chi connectivity index (χ4n) is 4.07. The van der Waals surface area contributed by atoms with Crippen LogP contribution in [0.2, 0.25) is 0 Å². The van der Waals surface area contributed by atoms with Crippen LogP contribution in [0.5, 0.6) is 0 Å². The van der Waals surface area contributed by atoms with E-state index in [-0.39, 0.29) is 0 Å². The lowest BCUT2D eigenvalue weighted by atomic mass is 9.85. The lowest BCUT2D eigenvalue weighted by Gasteiger charge is -2.32. The van der Waals surface area contributed by atoms with Crippen LogP contribution in [0.15, 0.2) is 0 Å². The predicted molar refractivity (Wildman–Crippen MR) is 76.0 cm³/mol. The molecule has 108 valence electrons. The molecule has 2 aliphatic heterocycles. The molecular formula is C15H27N3O. The van der Waals surface area contributed by atoms with Gasteiger partial charge in [0.15, 0.2) is 0 Å². The second-order valence-corrected chi connectivity index (χ2v) is 6.36. The summed E-state index contributed by atoms with van der Waals surface area (Å²) >= 11 is 0. The molecule has 4 nitrogen and oxygen atoms in total. The van der Waals surface area contributed by atoms with E-state index in [0.717, 1.165) is 45.1 Å². The van der Waals surface area contributed by atoms with Gasteiger partial charge in [-0.2, -0.15) is 0 Å². The monoisotopic (exact) mass is 265 g/mol. The number of nitrogens with one attached hydrogen (secondary N) is 1. The Bertz CT molecular complexity index is 313. The van der Waals surface area contributed by atoms with Crippen LogP contribution in [0.25, 0.3) is 0 Å². The van der Waals surface area contributed by atoms with Crippen molar-refractivity contribution in [3.05, 3.63) is 0 Å². The van der Waals surface area contributed by atoms with Gasteiger partial charge in [0.25, 0.3) is 0 Å². The summed E-state index contributed by atoms with van der Waals surface area (Å²) in [7, 11) is 0. The first-order chi connectivity index (χ1) is 9.34. The summed E-state index contributed by atoms with van der Waals surface area (Å²) < 4.78 is 0. The van der Waals surface area contributed by atoms with Crippen molar-refractivity contribution < 1.29 is 4.79 Å². The largest absolute Gasteiger partial charge is 0.340 e. The summed E-state index contributed by atoms with van der Waals surface area (Å²) in [5.74, 6) is 1.24. The fourth-order valence-corrected chi connectivity index (χ4v) is 4.07. The summed E-state index contributed by atoms with van der Waals surface area (Å²) in [6.07, 6.45) is 7.89. The van der Waals surface area contributed by atoms with Gasteiger partial charge in [-0.25, -0.2) is 0 Å². The topological polar surface area (TPSA) is 35.6 Å². The molecule has 2 unspecified atom stereocenters. The molecule has 2 heterocycles. The summed E-state index contributed by atoms with van der Waals surface area (Å²) in [5, 5.41) is 3.36. The maximum atomic E-state index is 12.4. The second-order valence-electron chi connectivity index (χ2n) is 6.36. The summed E-state index contributed by atoms with van der Waals surface area (Å²) in [6, 6.07) is 0.711. The van der Waals surface area contributed by atoms with Crippen molar-refractivity contribution in [2.24, 2.45) is 5.92 Å². The van der Waals surface area contributed by atoms with Crippen LogP contribution in [-0.4, -0.2) is 61.0 Å². The highest BCUT2D eigenvalue weighted by atomic mass is 16.2. The van der Waals surface area contributed by atoms with Gasteiger partial charge >= 0.3 is 0 Å². The number of amides is 1. The molecule has 1 saturated carbocycles. The number of nitrogens with zero attached hydrogens (tertiary/aromatic N) is 2. The van der Waals surface area contributed by atoms with Crippen LogP contribution in [0.4, 0.5) is 0 Å². The van der Waals surface area contributed by atoms with Gasteiger partial charge < -0.3 is 10.2 Å². The summed E-state index contributed by atoms with van der Waals surface area (Å²) in [5.41, 5.74) is 0. The molecule has 1 aliphatic carbocycles. The highest BCUT2D eigenvalue weighted by molar-refractivity contribution is 5.78. The average molecular weight is 265 g/mol. The molecule has 1 amide bonds. The van der Waals surface area contributed by atoms with Crippen LogP contribution in [0.3, 0.4) is 0 Å². The third kappa shape index (κ3) is 3.11. The van der Waals surface area contributed by atoms with E-state index in [2.05, 4.69) is 15.1 Å². The van der Waals surface area contributed by atoms with E-state index >= 15 is 0 Å². The number of carbonyl (C=O) groups excluding carboxylic acids is 1. The molecule has 19 heavy (non-hydrogen) atoms. The lowest BCUT2D eigenvalue weighted by Crippen LogP contribution is -2.44. The number of likely N-dealkylation sites (tertiary alicyclic amines) is 1. The third-order valence-corrected chi connectivity index (χ3v) is 5.16. The summed E-state index contributed by atoms with van der Waals surface area (Å²) in [6.45, 7) is 5.65. The van der Waals surface area contributed by atoms with Crippen molar-refractivity contribution in [2.45, 2.75) is 44.6 Å². The molecule has 0 radical (unpaired) electrons. The summed E-state index contributed by atoms with van der Waals surface area (Å²) in [4.78, 5) is 17.0. The zero-order valence-corrected chi connectivity index (χ0v) is 11.9. The Balaban J connectivity index is 1.54. The van der Waals surface area contributed by atoms with E-state index in [1.807, 2.05) is 0 Å². The molecule has 0 spiro atoms. The molecule has 3 fully saturated rings. The number of hydrogen-bond acceptors (Lipinski definition) is 3. The van der Waals surface area contributed by atoms with Crippen molar-refractivity contribution in [3.8, 4) is 0 Å². The van der Waals surface area contributed by atoms with Gasteiger partial charge in [0.2, 0.25) is 5.91 Å². The SMILES string of the molecule is O=C(CN1CCC2CCCCC21)N1CCCNCC1. The van der Waals surface area contributed by atoms with Crippen LogP contribution >= 0.6 is 0 Å². The molecule has 0 aromatic heterocycles. The van der Waals surface area contributed by atoms with Crippen molar-refractivity contribution in [3.63, 3.8) is 0 Å². The smallest absolute Gasteiger partial charge is 0.236 e. The fraction of sp³-hybridized carbons (Fsp3) is 0.933. The van der Waals surface area contributed by atoms with Gasteiger partial charge in [-0.15, -0.1) is 0 Å². The van der Waals surface area contributed by atoms with Crippen molar-refractivity contribution in [2.75, 3.05) is 39.3 Å². The Morgan fingerprint density at radius 3 is 2.84 bits per heavy atom. The number of hydrogen-bond donors (Lipinski definition) is 1. The van der Waals surface area contributed by atoms with E-state index in [0.29, 0.717) is 18.5 Å². The average Bonchev–Trinajstić information content (AvgIpc) is 2.66. The molecule has 1 N–H and O–H groups in total. The van der Waals surface area contributed by atoms with E-state index in [9.17, 15) is 4.79 Å². The first-order valence-corrected chi connectivity index (χ1v) is 8.07. The number of fused-ring (bicyclic) bond motifs is 1. The first kappa shape index (κ1) is 13.4. The maximum absolute atomic E-state index is 12.4. The molecule has 0 bridgehead atoms. The maximum Gasteiger partial charge on any atom is 0.236 e. The minimum Gasteiger partial charge on any atom is -0.340 e. The van der Waals surface area contributed by atoms with Gasteiger partial charge in [0.05, 0.1) is 6.54 Å². The van der Waals surface area contributed by atoms with Gasteiger partial charge in [-0.05, 0) is 44.7 Å². The minimum absolute atomic E-state index is 0.356. The van der Waals surface area contributed by atoms with Gasteiger partial charge in [-0.3, -0.25) is 9.69 Å². The Labute approximate surface area is 116 Å². The molecule has 3 rings (SSSR count). The molecule has 4 heteroatoms. The second kappa shape index (κ2) is 6.23. The molecule has 0 aromatic rings. The van der Waals surface area contributed by atoms with Gasteiger partial charge in [-0.1, -0.05) is 12.8 Å². The number of rotatable bonds is 2. The van der Waals surface area contributed by atoms with Crippen LogP contribution < -0.4 is 5.32 Å². The minimum atomic E-state index is 0.356. The normalized spacial score (nSPS) is 32.9. The highest BCUT2D eigenvalue weighted by Crippen LogP contribution is 2.35. The highest BCUT2D eigenvalue weighted by Gasteiger charge is 2.36. The molecular weight excluding hydrogens is 238 g/mol. The van der Waals surface area contributed by atoms with E-state index in [4.69, 9.17) is 0 Å². The van der Waals surface area contributed by atoms with E-state index in [1.54, 1.807) is 0 Å². The Kier molecular flexibility index (Phi) is 4.38. The molecule has 3 aliphatic rings. The molecule has 2 atom stereocenters. The lowest BCUT2D eigenvalue weighted by molar-refractivity contribution is -0.132. The predicted octanol–water partition coefficient (Wildman–Crippen LogP) is 1.07. The standard InChI is InChI=1S/C15H27N3O/c19-15(17-9-3-7-16-8-11-17)12-18-10-6-13-4-1-2-5-14(13)18/h13-14,16H,1-12H2. The quantitative estimate of drug-likeness (QED) is 0.811. The molecule has 0 aromatic carbocycles. The van der Waals surface area contributed by atoms with Crippen molar-refractivity contribution >= 4 is 5.91 Å². The van der Waals surface area contributed by atoms with Crippen molar-refractivity contribution in [1.29, 1.82) is 0 Å². The van der Waals surface area contributed by atoms with Gasteiger partial charge in [0, 0.05) is 25.7 Å². The van der Waals surface area contributed by atoms with Crippen LogP contribution in [-0.2, 0) is 4.79 Å². The Morgan fingerprint density at radius 1 is 1.00 bits per heavy atom. The Morgan fingerprint density at radius 2 is 1.89 bits per heavy atom. The zero-order chi connectivity index (χ0) is 13.1. The van der Waals surface area contributed by atoms with E-state index in [1.165, 1.54) is 32.1 Å². The van der Waals surface area contributed by atoms with Crippen molar-refractivity contribution in [1.82, 2.24) is 15.1 Å². The van der Waals surface area contributed by atoms with E-state index < -0.39 is 0 Å². The molecule has 2 saturated heterocycles. The zero-order valence-electron chi connectivity index (χ0n) is 11.9. The van der Waals surface area contributed by atoms with Crippen LogP contribution in [0.1, 0.15) is 38.5 Å².